The van der Waals surface area contributed by atoms with E-state index in [1.165, 1.54) is 0 Å². The van der Waals surface area contributed by atoms with Crippen molar-refractivity contribution in [1.29, 1.82) is 0 Å². The molecule has 5 nitrogen and oxygen atoms in total. The number of carbonyl (C=O) groups is 2. The molecule has 3 N–H and O–H groups in total. The molecule has 0 heterocycles. The molecule has 0 radical (unpaired) electrons. The maximum absolute atomic E-state index is 12.7. The molecule has 0 fully saturated rings. The van der Waals surface area contributed by atoms with E-state index < -0.39 is 17.9 Å². The van der Waals surface area contributed by atoms with E-state index in [4.69, 9.17) is 0 Å². The van der Waals surface area contributed by atoms with Crippen molar-refractivity contribution in [1.82, 2.24) is 5.32 Å². The fourth-order valence-electron chi connectivity index (χ4n) is 2.77. The van der Waals surface area contributed by atoms with E-state index in [2.05, 4.69) is 5.32 Å². The van der Waals surface area contributed by atoms with Crippen molar-refractivity contribution in [2.24, 2.45) is 0 Å². The summed E-state index contributed by atoms with van der Waals surface area (Å²) in [6.45, 7) is 3.69. The first kappa shape index (κ1) is 18.7. The number of hydrogen-bond donors (Lipinski definition) is 3. The van der Waals surface area contributed by atoms with E-state index in [9.17, 15) is 19.8 Å². The monoisotopic (exact) mass is 341 g/mol. The maximum Gasteiger partial charge on any atom is 0.326 e. The van der Waals surface area contributed by atoms with Gasteiger partial charge in [-0.25, -0.2) is 4.79 Å². The van der Waals surface area contributed by atoms with Crippen molar-refractivity contribution < 1.29 is 19.8 Å². The van der Waals surface area contributed by atoms with Gasteiger partial charge in [0.25, 0.3) is 5.91 Å². The number of nitrogens with one attached hydrogen (secondary N) is 1. The highest BCUT2D eigenvalue weighted by Crippen LogP contribution is 2.28. The van der Waals surface area contributed by atoms with Crippen LogP contribution in [0.1, 0.15) is 41.3 Å². The van der Waals surface area contributed by atoms with Gasteiger partial charge in [0, 0.05) is 5.56 Å². The van der Waals surface area contributed by atoms with Gasteiger partial charge in [0.1, 0.15) is 6.04 Å². The molecule has 0 spiro atoms. The van der Waals surface area contributed by atoms with E-state index in [-0.39, 0.29) is 6.61 Å². The molecule has 5 heteroatoms. The van der Waals surface area contributed by atoms with Crippen LogP contribution in [0.15, 0.2) is 42.5 Å². The van der Waals surface area contributed by atoms with Gasteiger partial charge in [0.2, 0.25) is 0 Å². The Balaban J connectivity index is 2.45. The van der Waals surface area contributed by atoms with Crippen molar-refractivity contribution in [2.75, 3.05) is 0 Å². The number of aryl methyl sites for hydroxylation is 1. The molecule has 0 aliphatic heterocycles. The number of carboxylic acid groups (broad SMARTS) is 1. The zero-order valence-corrected chi connectivity index (χ0v) is 14.5. The summed E-state index contributed by atoms with van der Waals surface area (Å²) in [6.07, 6.45) is 1.03. The van der Waals surface area contributed by atoms with Gasteiger partial charge in [-0.1, -0.05) is 43.7 Å². The average Bonchev–Trinajstić information content (AvgIpc) is 2.61. The van der Waals surface area contributed by atoms with Gasteiger partial charge in [0.05, 0.1) is 6.61 Å². The molecule has 1 unspecified atom stereocenters. The second-order valence-corrected chi connectivity index (χ2v) is 6.01. The van der Waals surface area contributed by atoms with Crippen LogP contribution < -0.4 is 5.32 Å². The number of carboxylic acids is 1. The maximum atomic E-state index is 12.7. The number of aliphatic hydroxyl groups excluding tert-OH is 1. The summed E-state index contributed by atoms with van der Waals surface area (Å²) >= 11 is 0. The smallest absolute Gasteiger partial charge is 0.326 e. The van der Waals surface area contributed by atoms with Gasteiger partial charge in [-0.2, -0.15) is 0 Å². The largest absolute Gasteiger partial charge is 0.480 e. The number of carbonyl (C=O) groups excluding carboxylic acids is 1. The third-order valence-corrected chi connectivity index (χ3v) is 4.13. The van der Waals surface area contributed by atoms with Crippen LogP contribution in [0.5, 0.6) is 0 Å². The van der Waals surface area contributed by atoms with Gasteiger partial charge in [-0.05, 0) is 47.7 Å². The minimum atomic E-state index is -1.04. The zero-order chi connectivity index (χ0) is 18.4. The van der Waals surface area contributed by atoms with Crippen molar-refractivity contribution >= 4 is 11.9 Å². The van der Waals surface area contributed by atoms with Gasteiger partial charge >= 0.3 is 5.97 Å². The Hall–Kier alpha value is -2.66. The third kappa shape index (κ3) is 4.45. The number of aliphatic carboxylic acids is 1. The summed E-state index contributed by atoms with van der Waals surface area (Å²) < 4.78 is 0. The summed E-state index contributed by atoms with van der Waals surface area (Å²) in [7, 11) is 0. The van der Waals surface area contributed by atoms with Crippen LogP contribution in [0.2, 0.25) is 0 Å². The van der Waals surface area contributed by atoms with Crippen molar-refractivity contribution in [3.63, 3.8) is 0 Å². The van der Waals surface area contributed by atoms with Crippen LogP contribution >= 0.6 is 0 Å². The SMILES string of the molecule is CCCC(NC(=O)c1ccc(CO)cc1-c1ccccc1C)C(=O)O. The molecule has 2 aromatic carbocycles. The number of amides is 1. The molecule has 132 valence electrons. The van der Waals surface area contributed by atoms with E-state index >= 15 is 0 Å². The Labute approximate surface area is 147 Å². The highest BCUT2D eigenvalue weighted by Gasteiger charge is 2.22. The summed E-state index contributed by atoms with van der Waals surface area (Å²) in [5.41, 5.74) is 3.65. The minimum Gasteiger partial charge on any atom is -0.480 e. The highest BCUT2D eigenvalue weighted by molar-refractivity contribution is 6.02. The minimum absolute atomic E-state index is 0.131. The number of benzene rings is 2. The highest BCUT2D eigenvalue weighted by atomic mass is 16.4. The van der Waals surface area contributed by atoms with Gasteiger partial charge in [-0.3, -0.25) is 4.79 Å². The van der Waals surface area contributed by atoms with Crippen molar-refractivity contribution in [3.8, 4) is 11.1 Å². The first-order valence-electron chi connectivity index (χ1n) is 8.31. The Kier molecular flexibility index (Phi) is 6.31. The standard InChI is InChI=1S/C20H23NO4/c1-3-6-18(20(24)25)21-19(23)16-10-9-14(12-22)11-17(16)15-8-5-4-7-13(15)2/h4-5,7-11,18,22H,3,6,12H2,1-2H3,(H,21,23)(H,24,25). The first-order valence-corrected chi connectivity index (χ1v) is 8.31. The number of hydrogen-bond acceptors (Lipinski definition) is 3. The molecular weight excluding hydrogens is 318 g/mol. The Morgan fingerprint density at radius 2 is 1.84 bits per heavy atom. The summed E-state index contributed by atoms with van der Waals surface area (Å²) in [5, 5.41) is 21.3. The second-order valence-electron chi connectivity index (χ2n) is 6.01. The van der Waals surface area contributed by atoms with Gasteiger partial charge in [-0.15, -0.1) is 0 Å². The average molecular weight is 341 g/mol. The molecular formula is C20H23NO4. The molecule has 0 saturated carbocycles. The lowest BCUT2D eigenvalue weighted by atomic mass is 9.93. The van der Waals surface area contributed by atoms with E-state index in [1.807, 2.05) is 38.1 Å². The molecule has 0 aromatic heterocycles. The molecule has 0 aliphatic carbocycles. The molecule has 2 rings (SSSR count). The van der Waals surface area contributed by atoms with Crippen LogP contribution in [-0.4, -0.2) is 28.1 Å². The normalized spacial score (nSPS) is 11.8. The lowest BCUT2D eigenvalue weighted by molar-refractivity contribution is -0.139. The predicted molar refractivity (Wildman–Crippen MR) is 96.3 cm³/mol. The van der Waals surface area contributed by atoms with Gasteiger partial charge < -0.3 is 15.5 Å². The Morgan fingerprint density at radius 3 is 2.44 bits per heavy atom. The molecule has 0 aliphatic rings. The van der Waals surface area contributed by atoms with Crippen LogP contribution in [0.4, 0.5) is 0 Å². The third-order valence-electron chi connectivity index (χ3n) is 4.13. The Morgan fingerprint density at radius 1 is 1.12 bits per heavy atom. The fraction of sp³-hybridized carbons (Fsp3) is 0.300. The molecule has 0 saturated heterocycles. The second kappa shape index (κ2) is 8.44. The fourth-order valence-corrected chi connectivity index (χ4v) is 2.77. The van der Waals surface area contributed by atoms with E-state index in [0.717, 1.165) is 11.1 Å². The summed E-state index contributed by atoms with van der Waals surface area (Å²) in [4.78, 5) is 24.0. The quantitative estimate of drug-likeness (QED) is 0.722. The molecule has 0 bridgehead atoms. The molecule has 2 aromatic rings. The first-order chi connectivity index (χ1) is 12.0. The van der Waals surface area contributed by atoms with Crippen molar-refractivity contribution in [2.45, 2.75) is 39.3 Å². The lowest BCUT2D eigenvalue weighted by Crippen LogP contribution is -2.40. The Bertz CT molecular complexity index is 770. The van der Waals surface area contributed by atoms with Crippen molar-refractivity contribution in [3.05, 3.63) is 59.2 Å². The van der Waals surface area contributed by atoms with Crippen LogP contribution in [-0.2, 0) is 11.4 Å². The van der Waals surface area contributed by atoms with Crippen LogP contribution in [0, 0.1) is 6.92 Å². The lowest BCUT2D eigenvalue weighted by Gasteiger charge is -2.17. The van der Waals surface area contributed by atoms with E-state index in [0.29, 0.717) is 29.5 Å². The molecule has 1 atom stereocenters. The number of aliphatic hydroxyl groups is 1. The zero-order valence-electron chi connectivity index (χ0n) is 14.5. The van der Waals surface area contributed by atoms with Crippen LogP contribution in [0.25, 0.3) is 11.1 Å². The van der Waals surface area contributed by atoms with Crippen LogP contribution in [0.3, 0.4) is 0 Å². The van der Waals surface area contributed by atoms with Gasteiger partial charge in [0.15, 0.2) is 0 Å². The summed E-state index contributed by atoms with van der Waals surface area (Å²) in [6, 6.07) is 11.8. The number of rotatable bonds is 7. The van der Waals surface area contributed by atoms with E-state index in [1.54, 1.807) is 18.2 Å². The molecule has 25 heavy (non-hydrogen) atoms. The predicted octanol–water partition coefficient (Wildman–Crippen LogP) is 3.14. The summed E-state index contributed by atoms with van der Waals surface area (Å²) in [5.74, 6) is -1.47. The molecule has 1 amide bonds. The topological polar surface area (TPSA) is 86.6 Å².